The Balaban J connectivity index is 2.07. The van der Waals surface area contributed by atoms with Crippen LogP contribution in [0, 0.1) is 5.82 Å². The number of aromatic nitrogens is 1. The average molecular weight is 323 g/mol. The van der Waals surface area contributed by atoms with Gasteiger partial charge in [0.1, 0.15) is 11.4 Å². The SMILES string of the molecule is O=C(O)c1c(Cc2ccccc2-c2ccc(F)cc2)cc[nH]c1=O. The summed E-state index contributed by atoms with van der Waals surface area (Å²) in [5.41, 5.74) is 2.10. The molecule has 2 N–H and O–H groups in total. The largest absolute Gasteiger partial charge is 0.477 e. The van der Waals surface area contributed by atoms with Gasteiger partial charge in [-0.25, -0.2) is 9.18 Å². The van der Waals surface area contributed by atoms with Crippen LogP contribution in [0.2, 0.25) is 0 Å². The first-order valence-electron chi connectivity index (χ1n) is 7.34. The monoisotopic (exact) mass is 323 g/mol. The third-order valence-corrected chi connectivity index (χ3v) is 3.81. The first kappa shape index (κ1) is 15.7. The number of benzene rings is 2. The van der Waals surface area contributed by atoms with Crippen LogP contribution in [0.1, 0.15) is 21.5 Å². The molecular weight excluding hydrogens is 309 g/mol. The molecule has 0 aliphatic carbocycles. The van der Waals surface area contributed by atoms with E-state index in [9.17, 15) is 19.1 Å². The highest BCUT2D eigenvalue weighted by molar-refractivity contribution is 5.89. The standard InChI is InChI=1S/C19H14FNO3/c20-15-7-5-12(6-8-15)16-4-2-1-3-13(16)11-14-9-10-21-18(22)17(14)19(23)24/h1-10H,11H2,(H,21,22)(H,23,24). The van der Waals surface area contributed by atoms with Crippen LogP contribution in [0.3, 0.4) is 0 Å². The van der Waals surface area contributed by atoms with Crippen LogP contribution in [-0.2, 0) is 6.42 Å². The fourth-order valence-corrected chi connectivity index (χ4v) is 2.69. The predicted octanol–water partition coefficient (Wildman–Crippen LogP) is 3.47. The number of carboxylic acid groups (broad SMARTS) is 1. The number of hydrogen-bond donors (Lipinski definition) is 2. The number of hydrogen-bond acceptors (Lipinski definition) is 2. The number of carboxylic acids is 1. The first-order valence-corrected chi connectivity index (χ1v) is 7.34. The molecule has 2 aromatic carbocycles. The molecule has 120 valence electrons. The average Bonchev–Trinajstić information content (AvgIpc) is 2.56. The number of aromatic carboxylic acids is 1. The second-order valence-corrected chi connectivity index (χ2v) is 5.35. The van der Waals surface area contributed by atoms with E-state index in [1.54, 1.807) is 18.2 Å². The molecule has 0 radical (unpaired) electrons. The quantitative estimate of drug-likeness (QED) is 0.772. The molecule has 0 unspecified atom stereocenters. The van der Waals surface area contributed by atoms with E-state index in [0.717, 1.165) is 16.7 Å². The summed E-state index contributed by atoms with van der Waals surface area (Å²) in [7, 11) is 0. The second kappa shape index (κ2) is 6.50. The van der Waals surface area contributed by atoms with Gasteiger partial charge in [0, 0.05) is 6.20 Å². The lowest BCUT2D eigenvalue weighted by Gasteiger charge is -2.11. The highest BCUT2D eigenvalue weighted by atomic mass is 19.1. The van der Waals surface area contributed by atoms with Crippen LogP contribution in [0.15, 0.2) is 65.6 Å². The molecule has 0 saturated carbocycles. The van der Waals surface area contributed by atoms with Crippen molar-refractivity contribution in [2.24, 2.45) is 0 Å². The van der Waals surface area contributed by atoms with E-state index < -0.39 is 11.5 Å². The lowest BCUT2D eigenvalue weighted by atomic mass is 9.93. The van der Waals surface area contributed by atoms with Gasteiger partial charge in [-0.1, -0.05) is 36.4 Å². The minimum atomic E-state index is -1.26. The highest BCUT2D eigenvalue weighted by Gasteiger charge is 2.16. The molecular formula is C19H14FNO3. The summed E-state index contributed by atoms with van der Waals surface area (Å²) < 4.78 is 13.1. The normalized spacial score (nSPS) is 10.5. The van der Waals surface area contributed by atoms with Crippen molar-refractivity contribution in [1.29, 1.82) is 0 Å². The smallest absolute Gasteiger partial charge is 0.341 e. The molecule has 0 fully saturated rings. The molecule has 0 amide bonds. The van der Waals surface area contributed by atoms with E-state index in [1.165, 1.54) is 18.3 Å². The van der Waals surface area contributed by atoms with Crippen molar-refractivity contribution in [3.8, 4) is 11.1 Å². The number of carbonyl (C=O) groups is 1. The van der Waals surface area contributed by atoms with Gasteiger partial charge in [-0.2, -0.15) is 0 Å². The molecule has 0 atom stereocenters. The van der Waals surface area contributed by atoms with Gasteiger partial charge in [0.15, 0.2) is 0 Å². The first-order chi connectivity index (χ1) is 11.6. The molecule has 3 rings (SSSR count). The van der Waals surface area contributed by atoms with Gasteiger partial charge < -0.3 is 10.1 Å². The van der Waals surface area contributed by atoms with E-state index in [4.69, 9.17) is 0 Å². The molecule has 3 aromatic rings. The zero-order chi connectivity index (χ0) is 17.1. The summed E-state index contributed by atoms with van der Waals surface area (Å²) in [5.74, 6) is -1.58. The fraction of sp³-hybridized carbons (Fsp3) is 0.0526. The maximum absolute atomic E-state index is 13.1. The molecule has 1 aromatic heterocycles. The van der Waals surface area contributed by atoms with Gasteiger partial charge in [-0.15, -0.1) is 0 Å². The van der Waals surface area contributed by atoms with Gasteiger partial charge in [-0.05, 0) is 46.9 Å². The number of aromatic amines is 1. The molecule has 0 bridgehead atoms. The van der Waals surface area contributed by atoms with Crippen LogP contribution in [0.4, 0.5) is 4.39 Å². The number of H-pyrrole nitrogens is 1. The number of rotatable bonds is 4. The van der Waals surface area contributed by atoms with Gasteiger partial charge in [0.2, 0.25) is 0 Å². The van der Waals surface area contributed by atoms with E-state index >= 15 is 0 Å². The number of pyridine rings is 1. The Morgan fingerprint density at radius 3 is 2.42 bits per heavy atom. The second-order valence-electron chi connectivity index (χ2n) is 5.35. The lowest BCUT2D eigenvalue weighted by Crippen LogP contribution is -2.20. The minimum absolute atomic E-state index is 0.258. The van der Waals surface area contributed by atoms with Crippen molar-refractivity contribution in [1.82, 2.24) is 4.98 Å². The lowest BCUT2D eigenvalue weighted by molar-refractivity contribution is 0.0694. The maximum Gasteiger partial charge on any atom is 0.341 e. The molecule has 24 heavy (non-hydrogen) atoms. The summed E-state index contributed by atoms with van der Waals surface area (Å²) in [6.07, 6.45) is 1.73. The predicted molar refractivity (Wildman–Crippen MR) is 88.7 cm³/mol. The van der Waals surface area contributed by atoms with Gasteiger partial charge in [0.25, 0.3) is 5.56 Å². The Hall–Kier alpha value is -3.21. The molecule has 0 aliphatic heterocycles. The van der Waals surface area contributed by atoms with Gasteiger partial charge in [-0.3, -0.25) is 4.79 Å². The van der Waals surface area contributed by atoms with Gasteiger partial charge >= 0.3 is 5.97 Å². The minimum Gasteiger partial charge on any atom is -0.477 e. The molecule has 1 heterocycles. The summed E-state index contributed by atoms with van der Waals surface area (Å²) in [6.45, 7) is 0. The van der Waals surface area contributed by atoms with E-state index in [2.05, 4.69) is 4.98 Å². The van der Waals surface area contributed by atoms with E-state index in [0.29, 0.717) is 12.0 Å². The fourth-order valence-electron chi connectivity index (χ4n) is 2.69. The third-order valence-electron chi connectivity index (χ3n) is 3.81. The summed E-state index contributed by atoms with van der Waals surface area (Å²) >= 11 is 0. The zero-order valence-corrected chi connectivity index (χ0v) is 12.6. The Morgan fingerprint density at radius 2 is 1.71 bits per heavy atom. The number of nitrogens with one attached hydrogen (secondary N) is 1. The Kier molecular flexibility index (Phi) is 4.24. The van der Waals surface area contributed by atoms with Crippen molar-refractivity contribution < 1.29 is 14.3 Å². The Labute approximate surface area is 137 Å². The summed E-state index contributed by atoms with van der Waals surface area (Å²) in [5, 5.41) is 9.28. The van der Waals surface area contributed by atoms with Crippen molar-refractivity contribution in [2.45, 2.75) is 6.42 Å². The maximum atomic E-state index is 13.1. The van der Waals surface area contributed by atoms with Gasteiger partial charge in [0.05, 0.1) is 0 Å². The number of halogens is 1. The van der Waals surface area contributed by atoms with E-state index in [-0.39, 0.29) is 11.4 Å². The van der Waals surface area contributed by atoms with Crippen LogP contribution >= 0.6 is 0 Å². The third kappa shape index (κ3) is 3.10. The molecule has 0 spiro atoms. The molecule has 5 heteroatoms. The Morgan fingerprint density at radius 1 is 1.00 bits per heavy atom. The van der Waals surface area contributed by atoms with Crippen molar-refractivity contribution in [3.05, 3.63) is 93.7 Å². The Bertz CT molecular complexity index is 945. The molecule has 0 saturated heterocycles. The van der Waals surface area contributed by atoms with Crippen LogP contribution in [0.5, 0.6) is 0 Å². The van der Waals surface area contributed by atoms with Crippen molar-refractivity contribution in [2.75, 3.05) is 0 Å². The molecule has 4 nitrogen and oxygen atoms in total. The summed E-state index contributed by atoms with van der Waals surface area (Å²) in [4.78, 5) is 25.5. The molecule has 0 aliphatic rings. The zero-order valence-electron chi connectivity index (χ0n) is 12.6. The summed E-state index contributed by atoms with van der Waals surface area (Å²) in [6, 6.07) is 15.1. The highest BCUT2D eigenvalue weighted by Crippen LogP contribution is 2.26. The van der Waals surface area contributed by atoms with Crippen LogP contribution < -0.4 is 5.56 Å². The van der Waals surface area contributed by atoms with Crippen LogP contribution in [-0.4, -0.2) is 16.1 Å². The topological polar surface area (TPSA) is 70.2 Å². The van der Waals surface area contributed by atoms with Crippen molar-refractivity contribution in [3.63, 3.8) is 0 Å². The van der Waals surface area contributed by atoms with Crippen LogP contribution in [0.25, 0.3) is 11.1 Å². The van der Waals surface area contributed by atoms with E-state index in [1.807, 2.05) is 24.3 Å². The van der Waals surface area contributed by atoms with Crippen molar-refractivity contribution >= 4 is 5.97 Å².